The predicted molar refractivity (Wildman–Crippen MR) is 187 cm³/mol. The fourth-order valence-corrected chi connectivity index (χ4v) is 5.67. The van der Waals surface area contributed by atoms with Crippen LogP contribution in [0.1, 0.15) is 11.4 Å². The molecule has 0 bridgehead atoms. The standard InChI is InChI=1S/C38H27N6.CH3.Pt/c1-3-15-29(16-4-1)43-35-23-9-7-19-33(35)41-37(43)25-27-13-11-21-31(39-27)32-22-12-14-28(40-32)26-38-42-34-20-8-10-24-36(34)44(38)30-17-5-2-6-18-30;;/h1-26,41H;1H3;/q2*-1;+2/b37-25+,38-26+;;. The van der Waals surface area contributed by atoms with Gasteiger partial charge < -0.3 is 23.0 Å². The van der Waals surface area contributed by atoms with Gasteiger partial charge in [0.1, 0.15) is 5.82 Å². The van der Waals surface area contributed by atoms with Crippen molar-refractivity contribution in [3.63, 3.8) is 0 Å². The number of benzene rings is 4. The summed E-state index contributed by atoms with van der Waals surface area (Å²) in [6.45, 7) is 0. The van der Waals surface area contributed by atoms with E-state index in [-0.39, 0.29) is 28.5 Å². The Kier molecular flexibility index (Phi) is 8.82. The van der Waals surface area contributed by atoms with Gasteiger partial charge in [-0.15, -0.1) is 0 Å². The zero-order valence-corrected chi connectivity index (χ0v) is 27.3. The number of aromatic nitrogens is 2. The molecule has 0 radical (unpaired) electrons. The van der Waals surface area contributed by atoms with Crippen LogP contribution in [-0.2, 0) is 21.1 Å². The third-order valence-electron chi connectivity index (χ3n) is 7.63. The summed E-state index contributed by atoms with van der Waals surface area (Å²) < 4.78 is 0. The average molecular weight is 778 g/mol. The summed E-state index contributed by atoms with van der Waals surface area (Å²) in [7, 11) is 0. The molecule has 6 aromatic rings. The van der Waals surface area contributed by atoms with Crippen LogP contribution in [-0.4, -0.2) is 9.97 Å². The van der Waals surface area contributed by atoms with Crippen LogP contribution >= 0.6 is 0 Å². The fourth-order valence-electron chi connectivity index (χ4n) is 5.67. The van der Waals surface area contributed by atoms with Crippen molar-refractivity contribution < 1.29 is 21.1 Å². The molecule has 0 spiro atoms. The quantitative estimate of drug-likeness (QED) is 0.177. The minimum absolute atomic E-state index is 0. The molecule has 46 heavy (non-hydrogen) atoms. The van der Waals surface area contributed by atoms with E-state index in [0.717, 1.165) is 68.5 Å². The maximum Gasteiger partial charge on any atom is 2.00 e. The first kappa shape index (κ1) is 30.6. The molecule has 2 aliphatic rings. The van der Waals surface area contributed by atoms with Crippen molar-refractivity contribution in [1.82, 2.24) is 9.97 Å². The molecule has 4 aromatic carbocycles. The van der Waals surface area contributed by atoms with Crippen molar-refractivity contribution in [2.75, 3.05) is 15.1 Å². The number of fused-ring (bicyclic) bond motifs is 2. The Bertz CT molecular complexity index is 1890. The molecule has 226 valence electrons. The molecule has 7 heteroatoms. The molecule has 0 unspecified atom stereocenters. The zero-order valence-electron chi connectivity index (χ0n) is 25.1. The first-order valence-electron chi connectivity index (χ1n) is 14.6. The molecule has 2 aliphatic heterocycles. The Hall–Kier alpha value is -5.45. The zero-order chi connectivity index (χ0) is 29.3. The third kappa shape index (κ3) is 5.83. The molecule has 1 N–H and O–H groups in total. The number of anilines is 5. The molecular weight excluding hydrogens is 748 g/mol. The minimum Gasteiger partial charge on any atom is -0.436 e. The predicted octanol–water partition coefficient (Wildman–Crippen LogP) is 10.3. The van der Waals surface area contributed by atoms with E-state index >= 15 is 0 Å². The summed E-state index contributed by atoms with van der Waals surface area (Å²) >= 11 is 0. The Balaban J connectivity index is 0.00000186. The van der Waals surface area contributed by atoms with Crippen LogP contribution in [0.4, 0.5) is 34.1 Å². The smallest absolute Gasteiger partial charge is 0.436 e. The first-order valence-corrected chi connectivity index (χ1v) is 14.6. The van der Waals surface area contributed by atoms with Crippen molar-refractivity contribution in [3.05, 3.63) is 181 Å². The average Bonchev–Trinajstić information content (AvgIpc) is 3.63. The molecule has 6 nitrogen and oxygen atoms in total. The number of nitrogens with zero attached hydrogens (tertiary/aromatic N) is 5. The second-order valence-electron chi connectivity index (χ2n) is 10.5. The molecule has 0 fully saturated rings. The molecular formula is C39H30N6Pt. The molecule has 2 aromatic heterocycles. The van der Waals surface area contributed by atoms with Gasteiger partial charge in [-0.3, -0.25) is 4.90 Å². The van der Waals surface area contributed by atoms with Crippen LogP contribution in [0.15, 0.2) is 157 Å². The van der Waals surface area contributed by atoms with E-state index in [9.17, 15) is 0 Å². The number of para-hydroxylation sites is 6. The molecule has 4 heterocycles. The van der Waals surface area contributed by atoms with Crippen LogP contribution in [0.2, 0.25) is 0 Å². The second-order valence-corrected chi connectivity index (χ2v) is 10.5. The second kappa shape index (κ2) is 13.3. The van der Waals surface area contributed by atoms with E-state index in [1.807, 2.05) is 91.0 Å². The van der Waals surface area contributed by atoms with Crippen molar-refractivity contribution in [3.8, 4) is 11.4 Å². The van der Waals surface area contributed by atoms with Gasteiger partial charge in [-0.1, -0.05) is 103 Å². The Labute approximate surface area is 284 Å². The van der Waals surface area contributed by atoms with Crippen LogP contribution < -0.4 is 15.1 Å². The molecule has 0 saturated carbocycles. The largest absolute Gasteiger partial charge is 2.00 e. The monoisotopic (exact) mass is 777 g/mol. The molecule has 0 amide bonds. The molecule has 0 atom stereocenters. The van der Waals surface area contributed by atoms with Crippen LogP contribution in [0.5, 0.6) is 0 Å². The van der Waals surface area contributed by atoms with Gasteiger partial charge in [0.25, 0.3) is 0 Å². The third-order valence-corrected chi connectivity index (χ3v) is 7.63. The maximum absolute atomic E-state index is 5.01. The van der Waals surface area contributed by atoms with Gasteiger partial charge in [-0.25, -0.2) is 9.97 Å². The normalized spacial score (nSPS) is 14.5. The van der Waals surface area contributed by atoms with E-state index in [1.54, 1.807) is 0 Å². The van der Waals surface area contributed by atoms with Crippen LogP contribution in [0.25, 0.3) is 28.9 Å². The number of rotatable bonds is 5. The molecule has 0 saturated heterocycles. The summed E-state index contributed by atoms with van der Waals surface area (Å²) in [5.41, 5.74) is 9.53. The van der Waals surface area contributed by atoms with E-state index in [2.05, 4.69) is 81.9 Å². The van der Waals surface area contributed by atoms with E-state index < -0.39 is 0 Å². The number of pyridine rings is 2. The van der Waals surface area contributed by atoms with Crippen LogP contribution in [0, 0.1) is 7.43 Å². The van der Waals surface area contributed by atoms with Crippen molar-refractivity contribution in [1.29, 1.82) is 0 Å². The summed E-state index contributed by atoms with van der Waals surface area (Å²) in [5, 5.41) is 8.51. The van der Waals surface area contributed by atoms with E-state index in [1.165, 1.54) is 0 Å². The van der Waals surface area contributed by atoms with E-state index in [4.69, 9.17) is 15.3 Å². The Morgan fingerprint density at radius 2 is 1.07 bits per heavy atom. The molecule has 0 aliphatic carbocycles. The van der Waals surface area contributed by atoms with Crippen molar-refractivity contribution in [2.45, 2.75) is 0 Å². The SMILES string of the molecule is C(=C1/[N-]c2ccccc2N1c1ccccc1)/c1cccc(-c2cccc(/C=C3\Nc4ccccc4N3c3ccccc3)n2)n1.[CH3-].[Pt+2]. The number of hydrogen-bond donors (Lipinski definition) is 1. The van der Waals surface area contributed by atoms with Gasteiger partial charge >= 0.3 is 21.1 Å². The summed E-state index contributed by atoms with van der Waals surface area (Å²) in [5.74, 6) is 1.76. The molecule has 8 rings (SSSR count). The van der Waals surface area contributed by atoms with Gasteiger partial charge in [0.05, 0.1) is 34.2 Å². The fraction of sp³-hybridized carbons (Fsp3) is 0. The van der Waals surface area contributed by atoms with Crippen molar-refractivity contribution >= 4 is 46.3 Å². The van der Waals surface area contributed by atoms with Gasteiger partial charge in [-0.2, -0.15) is 0 Å². The van der Waals surface area contributed by atoms with Gasteiger partial charge in [0, 0.05) is 11.8 Å². The van der Waals surface area contributed by atoms with Crippen LogP contribution in [0.3, 0.4) is 0 Å². The topological polar surface area (TPSA) is 58.4 Å². The number of hydrogen-bond acceptors (Lipinski definition) is 5. The first-order chi connectivity index (χ1) is 21.8. The minimum atomic E-state index is 0. The Morgan fingerprint density at radius 1 is 0.522 bits per heavy atom. The maximum atomic E-state index is 5.01. The number of nitrogens with one attached hydrogen (secondary N) is 1. The van der Waals surface area contributed by atoms with Gasteiger partial charge in [0.15, 0.2) is 0 Å². The Morgan fingerprint density at radius 3 is 1.74 bits per heavy atom. The summed E-state index contributed by atoms with van der Waals surface area (Å²) in [4.78, 5) is 14.4. The summed E-state index contributed by atoms with van der Waals surface area (Å²) in [6, 6.07) is 49.2. The van der Waals surface area contributed by atoms with Crippen molar-refractivity contribution in [2.24, 2.45) is 0 Å². The summed E-state index contributed by atoms with van der Waals surface area (Å²) in [6.07, 6.45) is 4.11. The van der Waals surface area contributed by atoms with Gasteiger partial charge in [-0.05, 0) is 71.7 Å². The van der Waals surface area contributed by atoms with E-state index in [0.29, 0.717) is 0 Å². The van der Waals surface area contributed by atoms with Gasteiger partial charge in [0.2, 0.25) is 0 Å².